The molecule has 1 atom stereocenters. The van der Waals surface area contributed by atoms with Crippen molar-refractivity contribution in [1.82, 2.24) is 10.2 Å². The number of amides is 1. The number of nitrogens with zero attached hydrogens (tertiary/aromatic N) is 2. The quantitative estimate of drug-likeness (QED) is 0.795. The van der Waals surface area contributed by atoms with E-state index in [1.165, 1.54) is 11.3 Å². The van der Waals surface area contributed by atoms with E-state index >= 15 is 0 Å². The molecule has 1 amide bonds. The number of thioether (sulfide) groups is 1. The summed E-state index contributed by atoms with van der Waals surface area (Å²) in [6.45, 7) is 6.91. The van der Waals surface area contributed by atoms with Gasteiger partial charge >= 0.3 is 0 Å². The van der Waals surface area contributed by atoms with Crippen LogP contribution in [0.25, 0.3) is 0 Å². The van der Waals surface area contributed by atoms with Crippen molar-refractivity contribution in [2.75, 3.05) is 38.1 Å². The highest BCUT2D eigenvalue weighted by atomic mass is 32.2. The van der Waals surface area contributed by atoms with Crippen LogP contribution >= 0.6 is 11.8 Å². The van der Waals surface area contributed by atoms with Gasteiger partial charge in [-0.05, 0) is 37.2 Å². The molecule has 0 bridgehead atoms. The highest BCUT2D eigenvalue weighted by Crippen LogP contribution is 2.19. The fraction of sp³-hybridized carbons (Fsp3) is 0.409. The predicted octanol–water partition coefficient (Wildman–Crippen LogP) is 3.38. The fourth-order valence-corrected chi connectivity index (χ4v) is 3.96. The molecule has 3 rings (SSSR count). The summed E-state index contributed by atoms with van der Waals surface area (Å²) < 4.78 is 0. The maximum Gasteiger partial charge on any atom is 0.233 e. The molecule has 1 aliphatic heterocycles. The molecular weight excluding hydrogens is 354 g/mol. The average molecular weight is 384 g/mol. The Bertz CT molecular complexity index is 712. The summed E-state index contributed by atoms with van der Waals surface area (Å²) in [5, 5.41) is 3.00. The van der Waals surface area contributed by atoms with Crippen molar-refractivity contribution in [2.45, 2.75) is 24.5 Å². The normalized spacial score (nSPS) is 16.1. The van der Waals surface area contributed by atoms with Crippen LogP contribution in [0.2, 0.25) is 0 Å². The van der Waals surface area contributed by atoms with Crippen LogP contribution in [0, 0.1) is 0 Å². The Morgan fingerprint density at radius 3 is 2.33 bits per heavy atom. The van der Waals surface area contributed by atoms with Crippen LogP contribution in [0.5, 0.6) is 0 Å². The monoisotopic (exact) mass is 383 g/mol. The van der Waals surface area contributed by atoms with E-state index in [0.717, 1.165) is 37.5 Å². The van der Waals surface area contributed by atoms with E-state index in [0.29, 0.717) is 6.54 Å². The highest BCUT2D eigenvalue weighted by Gasteiger charge is 2.15. The third-order valence-corrected chi connectivity index (χ3v) is 6.20. The summed E-state index contributed by atoms with van der Waals surface area (Å²) in [5.41, 5.74) is 3.66. The number of likely N-dealkylation sites (N-methyl/N-ethyl adjacent to an activating group) is 1. The molecule has 0 radical (unpaired) electrons. The number of hydrogen-bond acceptors (Lipinski definition) is 4. The van der Waals surface area contributed by atoms with E-state index in [4.69, 9.17) is 0 Å². The molecule has 5 heteroatoms. The molecule has 1 heterocycles. The van der Waals surface area contributed by atoms with Gasteiger partial charge in [0, 0.05) is 44.2 Å². The molecule has 1 saturated heterocycles. The predicted molar refractivity (Wildman–Crippen MR) is 115 cm³/mol. The Kier molecular flexibility index (Phi) is 7.18. The van der Waals surface area contributed by atoms with Crippen LogP contribution < -0.4 is 10.2 Å². The molecular formula is C22H29N3OS. The molecule has 0 aliphatic carbocycles. The first-order chi connectivity index (χ1) is 13.1. The first kappa shape index (κ1) is 19.8. The molecule has 0 aromatic heterocycles. The number of anilines is 1. The molecule has 2 aromatic rings. The van der Waals surface area contributed by atoms with Gasteiger partial charge in [0.25, 0.3) is 0 Å². The van der Waals surface area contributed by atoms with E-state index in [1.807, 2.05) is 25.1 Å². The first-order valence-corrected chi connectivity index (χ1v) is 10.6. The second kappa shape index (κ2) is 9.81. The Balaban J connectivity index is 1.43. The summed E-state index contributed by atoms with van der Waals surface area (Å²) in [6, 6.07) is 18.9. The van der Waals surface area contributed by atoms with Gasteiger partial charge in [-0.3, -0.25) is 4.79 Å². The summed E-state index contributed by atoms with van der Waals surface area (Å²) in [5.74, 6) is 0.953. The molecule has 144 valence electrons. The maximum absolute atomic E-state index is 12.3. The van der Waals surface area contributed by atoms with Crippen molar-refractivity contribution in [3.63, 3.8) is 0 Å². The van der Waals surface area contributed by atoms with Crippen LogP contribution in [-0.4, -0.2) is 49.3 Å². The minimum Gasteiger partial charge on any atom is -0.369 e. The van der Waals surface area contributed by atoms with E-state index < -0.39 is 0 Å². The number of carbonyl (C=O) groups is 1. The highest BCUT2D eigenvalue weighted by molar-refractivity contribution is 7.99. The van der Waals surface area contributed by atoms with Gasteiger partial charge in [-0.2, -0.15) is 0 Å². The molecule has 4 nitrogen and oxygen atoms in total. The van der Waals surface area contributed by atoms with E-state index in [2.05, 4.69) is 58.6 Å². The summed E-state index contributed by atoms with van der Waals surface area (Å²) in [6.07, 6.45) is 0. The standard InChI is InChI=1S/C22H29N3OS/c1-18(27-17-20-6-4-3-5-7-20)22(26)23-16-19-8-10-21(11-9-19)25-14-12-24(2)13-15-25/h3-11,18H,12-17H2,1-2H3,(H,23,26)/t18-/m0/s1. The van der Waals surface area contributed by atoms with Crippen LogP contribution in [0.15, 0.2) is 54.6 Å². The van der Waals surface area contributed by atoms with Gasteiger partial charge in [-0.25, -0.2) is 0 Å². The van der Waals surface area contributed by atoms with Crippen LogP contribution in [0.4, 0.5) is 5.69 Å². The summed E-state index contributed by atoms with van der Waals surface area (Å²) in [4.78, 5) is 17.1. The van der Waals surface area contributed by atoms with Crippen molar-refractivity contribution < 1.29 is 4.79 Å². The lowest BCUT2D eigenvalue weighted by Crippen LogP contribution is -2.44. The number of rotatable bonds is 7. The number of carbonyl (C=O) groups excluding carboxylic acids is 1. The van der Waals surface area contributed by atoms with E-state index in [-0.39, 0.29) is 11.2 Å². The number of nitrogens with one attached hydrogen (secondary N) is 1. The van der Waals surface area contributed by atoms with Crippen molar-refractivity contribution in [3.8, 4) is 0 Å². The molecule has 1 aliphatic rings. The van der Waals surface area contributed by atoms with E-state index in [1.54, 1.807) is 11.8 Å². The van der Waals surface area contributed by atoms with Gasteiger partial charge in [0.2, 0.25) is 5.91 Å². The lowest BCUT2D eigenvalue weighted by Gasteiger charge is -2.34. The number of hydrogen-bond donors (Lipinski definition) is 1. The van der Waals surface area contributed by atoms with Crippen molar-refractivity contribution in [3.05, 3.63) is 65.7 Å². The van der Waals surface area contributed by atoms with Crippen LogP contribution in [0.3, 0.4) is 0 Å². The Morgan fingerprint density at radius 2 is 1.67 bits per heavy atom. The summed E-state index contributed by atoms with van der Waals surface area (Å²) >= 11 is 1.67. The zero-order valence-electron chi connectivity index (χ0n) is 16.2. The summed E-state index contributed by atoms with van der Waals surface area (Å²) in [7, 11) is 2.17. The zero-order valence-corrected chi connectivity index (χ0v) is 17.0. The van der Waals surface area contributed by atoms with Gasteiger partial charge in [0.1, 0.15) is 0 Å². The van der Waals surface area contributed by atoms with Gasteiger partial charge in [0.15, 0.2) is 0 Å². The lowest BCUT2D eigenvalue weighted by molar-refractivity contribution is -0.120. The van der Waals surface area contributed by atoms with Crippen LogP contribution in [0.1, 0.15) is 18.1 Å². The SMILES string of the molecule is C[C@H](SCc1ccccc1)C(=O)NCc1ccc(N2CCN(C)CC2)cc1. The number of piperazine rings is 1. The Hall–Kier alpha value is -1.98. The third-order valence-electron chi connectivity index (χ3n) is 4.98. The molecule has 1 N–H and O–H groups in total. The second-order valence-electron chi connectivity index (χ2n) is 7.11. The fourth-order valence-electron chi connectivity index (χ4n) is 3.09. The molecule has 1 fully saturated rings. The van der Waals surface area contributed by atoms with Crippen molar-refractivity contribution >= 4 is 23.4 Å². The lowest BCUT2D eigenvalue weighted by atomic mass is 10.1. The van der Waals surface area contributed by atoms with Gasteiger partial charge in [-0.1, -0.05) is 42.5 Å². The smallest absolute Gasteiger partial charge is 0.233 e. The average Bonchev–Trinajstić information content (AvgIpc) is 2.72. The van der Waals surface area contributed by atoms with Gasteiger partial charge in [-0.15, -0.1) is 11.8 Å². The van der Waals surface area contributed by atoms with Crippen LogP contribution in [-0.2, 0) is 17.1 Å². The maximum atomic E-state index is 12.3. The molecule has 0 saturated carbocycles. The van der Waals surface area contributed by atoms with Crippen molar-refractivity contribution in [2.24, 2.45) is 0 Å². The second-order valence-corrected chi connectivity index (χ2v) is 8.44. The minimum atomic E-state index is -0.0604. The Morgan fingerprint density at radius 1 is 1.00 bits per heavy atom. The van der Waals surface area contributed by atoms with Gasteiger partial charge in [0.05, 0.1) is 5.25 Å². The largest absolute Gasteiger partial charge is 0.369 e. The molecule has 0 unspecified atom stereocenters. The van der Waals surface area contributed by atoms with E-state index in [9.17, 15) is 4.79 Å². The van der Waals surface area contributed by atoms with Crippen molar-refractivity contribution in [1.29, 1.82) is 0 Å². The molecule has 27 heavy (non-hydrogen) atoms. The third kappa shape index (κ3) is 6.01. The minimum absolute atomic E-state index is 0.0604. The van der Waals surface area contributed by atoms with Gasteiger partial charge < -0.3 is 15.1 Å². The Labute approximate surface area is 166 Å². The topological polar surface area (TPSA) is 35.6 Å². The molecule has 2 aromatic carbocycles. The zero-order chi connectivity index (χ0) is 19.1. The molecule has 0 spiro atoms. The first-order valence-electron chi connectivity index (χ1n) is 9.57. The number of benzene rings is 2.